The summed E-state index contributed by atoms with van der Waals surface area (Å²) in [6, 6.07) is 15.2. The summed E-state index contributed by atoms with van der Waals surface area (Å²) in [4.78, 5) is 20.6. The Bertz CT molecular complexity index is 1280. The van der Waals surface area contributed by atoms with Crippen LogP contribution >= 0.6 is 11.3 Å². The van der Waals surface area contributed by atoms with E-state index in [2.05, 4.69) is 64.2 Å². The third-order valence-corrected chi connectivity index (χ3v) is 8.34. The first kappa shape index (κ1) is 25.7. The lowest BCUT2D eigenvalue weighted by molar-refractivity contribution is 0.0943. The molecule has 37 heavy (non-hydrogen) atoms. The van der Waals surface area contributed by atoms with Crippen molar-refractivity contribution in [3.05, 3.63) is 92.4 Å². The number of ether oxygens (including phenoxy) is 1. The molecule has 0 spiro atoms. The monoisotopic (exact) mass is 515 g/mol. The first-order chi connectivity index (χ1) is 17.8. The summed E-state index contributed by atoms with van der Waals surface area (Å²) in [5, 5.41) is 4.08. The molecular weight excluding hydrogens is 478 g/mol. The minimum absolute atomic E-state index is 0.0624. The molecule has 1 aromatic heterocycles. The Hall–Kier alpha value is -2.96. The van der Waals surface area contributed by atoms with Gasteiger partial charge >= 0.3 is 0 Å². The van der Waals surface area contributed by atoms with E-state index in [-0.39, 0.29) is 11.9 Å². The molecule has 5 nitrogen and oxygen atoms in total. The molecule has 1 atom stereocenters. The number of benzene rings is 2. The van der Waals surface area contributed by atoms with Crippen molar-refractivity contribution in [2.45, 2.75) is 65.6 Å². The number of rotatable bonds is 10. The zero-order valence-corrected chi connectivity index (χ0v) is 23.0. The topological polar surface area (TPSA) is 54.5 Å². The predicted octanol–water partition coefficient (Wildman–Crippen LogP) is 6.41. The van der Waals surface area contributed by atoms with Crippen molar-refractivity contribution in [1.29, 1.82) is 0 Å². The number of amides is 1. The van der Waals surface area contributed by atoms with E-state index < -0.39 is 0 Å². The van der Waals surface area contributed by atoms with Crippen molar-refractivity contribution in [3.63, 3.8) is 0 Å². The molecule has 6 heteroatoms. The van der Waals surface area contributed by atoms with Crippen LogP contribution in [0.5, 0.6) is 5.75 Å². The zero-order chi connectivity index (χ0) is 25.9. The molecular formula is C31H37N3O2S. The van der Waals surface area contributed by atoms with Crippen LogP contribution < -0.4 is 10.1 Å². The summed E-state index contributed by atoms with van der Waals surface area (Å²) in [6.07, 6.45) is 4.41. The molecule has 5 rings (SSSR count). The molecule has 1 aliphatic heterocycles. The molecule has 1 amide bonds. The van der Waals surface area contributed by atoms with Crippen molar-refractivity contribution >= 4 is 17.2 Å². The van der Waals surface area contributed by atoms with Crippen LogP contribution in [0.25, 0.3) is 0 Å². The van der Waals surface area contributed by atoms with Crippen LogP contribution in [0.3, 0.4) is 0 Å². The van der Waals surface area contributed by atoms with Gasteiger partial charge in [0.25, 0.3) is 5.91 Å². The van der Waals surface area contributed by atoms with Crippen LogP contribution in [-0.4, -0.2) is 28.9 Å². The Balaban J connectivity index is 1.14. The highest BCUT2D eigenvalue weighted by Gasteiger charge is 2.23. The maximum atomic E-state index is 12.9. The van der Waals surface area contributed by atoms with Crippen LogP contribution in [0.1, 0.15) is 75.4 Å². The third-order valence-electron chi connectivity index (χ3n) is 7.19. The third kappa shape index (κ3) is 6.68. The largest absolute Gasteiger partial charge is 0.493 e. The average Bonchev–Trinajstić information content (AvgIpc) is 3.63. The number of hydrogen-bond acceptors (Lipinski definition) is 5. The molecule has 3 aromatic rings. The fourth-order valence-corrected chi connectivity index (χ4v) is 5.91. The normalized spacial score (nSPS) is 16.2. The van der Waals surface area contributed by atoms with Gasteiger partial charge in [-0.05, 0) is 80.3 Å². The molecule has 0 unspecified atom stereocenters. The molecule has 194 valence electrons. The number of fused-ring (bicyclic) bond motifs is 1. The highest BCUT2D eigenvalue weighted by molar-refractivity contribution is 7.13. The number of carbonyl (C=O) groups excluding carboxylic acids is 1. The van der Waals surface area contributed by atoms with Gasteiger partial charge in [0.15, 0.2) is 0 Å². The van der Waals surface area contributed by atoms with Gasteiger partial charge in [-0.1, -0.05) is 42.5 Å². The van der Waals surface area contributed by atoms with E-state index in [1.807, 2.05) is 20.8 Å². The van der Waals surface area contributed by atoms with Gasteiger partial charge in [0.05, 0.1) is 23.4 Å². The van der Waals surface area contributed by atoms with E-state index >= 15 is 0 Å². The fraction of sp³-hybridized carbons (Fsp3) is 0.419. The number of hydrogen-bond donors (Lipinski definition) is 1. The molecule has 1 aliphatic carbocycles. The lowest BCUT2D eigenvalue weighted by atomic mass is 9.98. The Kier molecular flexibility index (Phi) is 7.77. The summed E-state index contributed by atoms with van der Waals surface area (Å²) in [5.41, 5.74) is 7.05. The van der Waals surface area contributed by atoms with Gasteiger partial charge in [0.2, 0.25) is 0 Å². The van der Waals surface area contributed by atoms with Crippen molar-refractivity contribution < 1.29 is 9.53 Å². The van der Waals surface area contributed by atoms with Gasteiger partial charge in [-0.3, -0.25) is 9.69 Å². The second-order valence-corrected chi connectivity index (χ2v) is 11.8. The highest BCUT2D eigenvalue weighted by atomic mass is 32.1. The van der Waals surface area contributed by atoms with E-state index in [1.165, 1.54) is 40.9 Å². The Labute approximate surface area is 224 Å². The Morgan fingerprint density at radius 2 is 2.00 bits per heavy atom. The number of nitrogens with zero attached hydrogens (tertiary/aromatic N) is 2. The van der Waals surface area contributed by atoms with Crippen molar-refractivity contribution in [2.24, 2.45) is 5.92 Å². The first-order valence-corrected chi connectivity index (χ1v) is 14.1. The number of allylic oxidation sites excluding steroid dienone is 1. The quantitative estimate of drug-likeness (QED) is 0.317. The van der Waals surface area contributed by atoms with E-state index in [4.69, 9.17) is 4.74 Å². The number of thiazole rings is 1. The molecule has 2 heterocycles. The van der Waals surface area contributed by atoms with E-state index in [1.54, 1.807) is 0 Å². The maximum absolute atomic E-state index is 12.9. The summed E-state index contributed by atoms with van der Waals surface area (Å²) in [5.74, 6) is 1.74. The van der Waals surface area contributed by atoms with Gasteiger partial charge in [-0.25, -0.2) is 4.98 Å². The van der Waals surface area contributed by atoms with E-state index in [9.17, 15) is 4.79 Å². The van der Waals surface area contributed by atoms with Crippen LogP contribution in [0.15, 0.2) is 54.6 Å². The van der Waals surface area contributed by atoms with Crippen LogP contribution in [0, 0.1) is 12.8 Å². The predicted molar refractivity (Wildman–Crippen MR) is 150 cm³/mol. The van der Waals surface area contributed by atoms with E-state index in [0.717, 1.165) is 66.2 Å². The van der Waals surface area contributed by atoms with Gasteiger partial charge < -0.3 is 10.1 Å². The van der Waals surface area contributed by atoms with Crippen molar-refractivity contribution in [1.82, 2.24) is 15.2 Å². The summed E-state index contributed by atoms with van der Waals surface area (Å²) < 4.78 is 5.97. The van der Waals surface area contributed by atoms with Gasteiger partial charge in [0.1, 0.15) is 10.6 Å². The average molecular weight is 516 g/mol. The second-order valence-electron chi connectivity index (χ2n) is 10.7. The van der Waals surface area contributed by atoms with Crippen molar-refractivity contribution in [2.75, 3.05) is 13.2 Å². The Morgan fingerprint density at radius 1 is 1.22 bits per heavy atom. The number of carbonyl (C=O) groups is 1. The van der Waals surface area contributed by atoms with Crippen molar-refractivity contribution in [3.8, 4) is 5.75 Å². The smallest absolute Gasteiger partial charge is 0.263 e. The standard InChI is InChI=1S/C31H37N3O2S/c1-20(2)15-29-32-22(4)30(37-29)31(35)33-21(3)25-9-7-23(8-10-25)17-34-14-13-26-16-28(12-11-27(26)18-34)36-19-24-5-6-24/h7-12,16,21,24H,1,5-6,13-15,17-19H2,2-4H3,(H,33,35)/t21-/m0/s1. The summed E-state index contributed by atoms with van der Waals surface area (Å²) in [6.45, 7) is 13.7. The first-order valence-electron chi connectivity index (χ1n) is 13.3. The summed E-state index contributed by atoms with van der Waals surface area (Å²) in [7, 11) is 0. The fourth-order valence-electron chi connectivity index (χ4n) is 4.82. The van der Waals surface area contributed by atoms with Crippen LogP contribution in [0.4, 0.5) is 0 Å². The van der Waals surface area contributed by atoms with Crippen LogP contribution in [0.2, 0.25) is 0 Å². The Morgan fingerprint density at radius 3 is 2.73 bits per heavy atom. The lowest BCUT2D eigenvalue weighted by Gasteiger charge is -2.29. The second kappa shape index (κ2) is 11.2. The molecule has 0 saturated heterocycles. The van der Waals surface area contributed by atoms with Crippen LogP contribution in [-0.2, 0) is 25.9 Å². The van der Waals surface area contributed by atoms with Gasteiger partial charge in [0, 0.05) is 26.1 Å². The SMILES string of the molecule is C=C(C)Cc1nc(C)c(C(=O)N[C@@H](C)c2ccc(CN3CCc4cc(OCC5CC5)ccc4C3)cc2)s1. The molecule has 2 aliphatic rings. The molecule has 1 saturated carbocycles. The molecule has 1 fully saturated rings. The highest BCUT2D eigenvalue weighted by Crippen LogP contribution is 2.31. The molecule has 0 radical (unpaired) electrons. The molecule has 2 aromatic carbocycles. The van der Waals surface area contributed by atoms with Gasteiger partial charge in [-0.2, -0.15) is 0 Å². The number of aryl methyl sites for hydroxylation is 1. The van der Waals surface area contributed by atoms with E-state index in [0.29, 0.717) is 11.3 Å². The lowest BCUT2D eigenvalue weighted by Crippen LogP contribution is -2.30. The minimum atomic E-state index is -0.0779. The zero-order valence-electron chi connectivity index (χ0n) is 22.2. The number of nitrogens with one attached hydrogen (secondary N) is 1. The molecule has 1 N–H and O–H groups in total. The minimum Gasteiger partial charge on any atom is -0.493 e. The maximum Gasteiger partial charge on any atom is 0.263 e. The molecule has 0 bridgehead atoms. The van der Waals surface area contributed by atoms with Gasteiger partial charge in [-0.15, -0.1) is 11.3 Å². The number of aromatic nitrogens is 1. The summed E-state index contributed by atoms with van der Waals surface area (Å²) >= 11 is 1.46.